The van der Waals surface area contributed by atoms with Crippen molar-refractivity contribution in [3.05, 3.63) is 18.0 Å². The zero-order chi connectivity index (χ0) is 13.7. The summed E-state index contributed by atoms with van der Waals surface area (Å²) in [4.78, 5) is 0. The maximum atomic E-state index is 5.09. The molecule has 0 spiro atoms. The molecule has 1 unspecified atom stereocenters. The Morgan fingerprint density at radius 3 is 2.89 bits per heavy atom. The minimum Gasteiger partial charge on any atom is -0.383 e. The first-order chi connectivity index (χ1) is 9.14. The van der Waals surface area contributed by atoms with Gasteiger partial charge in [0.05, 0.1) is 12.8 Å². The molecule has 0 radical (unpaired) electrons. The van der Waals surface area contributed by atoms with Crippen LogP contribution in [0.1, 0.15) is 31.7 Å². The molecule has 108 valence electrons. The Labute approximate surface area is 116 Å². The molecule has 1 heterocycles. The molecule has 1 N–H and O–H groups in total. The molecule has 0 amide bonds. The van der Waals surface area contributed by atoms with Crippen LogP contribution in [0.25, 0.3) is 0 Å². The minimum atomic E-state index is 0.420. The zero-order valence-corrected chi connectivity index (χ0v) is 12.5. The van der Waals surface area contributed by atoms with Gasteiger partial charge in [0.1, 0.15) is 0 Å². The van der Waals surface area contributed by atoms with Gasteiger partial charge in [-0.3, -0.25) is 4.68 Å². The molecule has 1 atom stereocenters. The Bertz CT molecular complexity index is 386. The second kappa shape index (κ2) is 6.53. The predicted octanol–water partition coefficient (Wildman–Crippen LogP) is 2.00. The monoisotopic (exact) mass is 265 g/mol. The molecule has 1 aromatic rings. The molecule has 0 saturated heterocycles. The maximum Gasteiger partial charge on any atom is 0.0587 e. The van der Waals surface area contributed by atoms with E-state index < -0.39 is 0 Å². The summed E-state index contributed by atoms with van der Waals surface area (Å²) >= 11 is 0. The van der Waals surface area contributed by atoms with Crippen molar-refractivity contribution in [2.75, 3.05) is 26.8 Å². The second-order valence-electron chi connectivity index (χ2n) is 6.12. The van der Waals surface area contributed by atoms with E-state index in [0.717, 1.165) is 32.0 Å². The molecule has 2 rings (SSSR count). The van der Waals surface area contributed by atoms with E-state index in [1.165, 1.54) is 24.8 Å². The summed E-state index contributed by atoms with van der Waals surface area (Å²) in [5.41, 5.74) is 1.77. The predicted molar refractivity (Wildman–Crippen MR) is 77.1 cm³/mol. The van der Waals surface area contributed by atoms with Crippen molar-refractivity contribution >= 4 is 0 Å². The van der Waals surface area contributed by atoms with Crippen LogP contribution in [0.5, 0.6) is 0 Å². The first-order valence-electron chi connectivity index (χ1n) is 7.31. The van der Waals surface area contributed by atoms with Crippen LogP contribution in [0, 0.1) is 11.3 Å². The van der Waals surface area contributed by atoms with E-state index in [1.54, 1.807) is 7.11 Å². The fraction of sp³-hybridized carbons (Fsp3) is 0.800. The lowest BCUT2D eigenvalue weighted by atomic mass is 9.79. The number of hydrogen-bond acceptors (Lipinski definition) is 3. The standard InChI is InChI=1S/C15H27N3O/c1-15(14-4-5-14,12-16-8-9-19-3)7-6-13-10-17-18(2)11-13/h10-11,14,16H,4-9,12H2,1-3H3. The van der Waals surface area contributed by atoms with Gasteiger partial charge in [-0.15, -0.1) is 0 Å². The summed E-state index contributed by atoms with van der Waals surface area (Å²) in [7, 11) is 3.74. The van der Waals surface area contributed by atoms with Crippen molar-refractivity contribution in [1.29, 1.82) is 0 Å². The summed E-state index contributed by atoms with van der Waals surface area (Å²) in [6, 6.07) is 0. The highest BCUT2D eigenvalue weighted by atomic mass is 16.5. The van der Waals surface area contributed by atoms with Gasteiger partial charge in [0.25, 0.3) is 0 Å². The molecule has 1 saturated carbocycles. The Balaban J connectivity index is 1.81. The van der Waals surface area contributed by atoms with E-state index in [9.17, 15) is 0 Å². The van der Waals surface area contributed by atoms with Crippen LogP contribution in [0.15, 0.2) is 12.4 Å². The summed E-state index contributed by atoms with van der Waals surface area (Å²) in [6.45, 7) is 5.27. The number of methoxy groups -OCH3 is 1. The lowest BCUT2D eigenvalue weighted by molar-refractivity contribution is 0.184. The van der Waals surface area contributed by atoms with Crippen molar-refractivity contribution in [1.82, 2.24) is 15.1 Å². The van der Waals surface area contributed by atoms with E-state index in [2.05, 4.69) is 23.5 Å². The number of rotatable bonds is 9. The Kier molecular flexibility index (Phi) is 4.99. The van der Waals surface area contributed by atoms with Crippen LogP contribution < -0.4 is 5.32 Å². The normalized spacial score (nSPS) is 18.5. The van der Waals surface area contributed by atoms with Crippen LogP contribution in [0.2, 0.25) is 0 Å². The lowest BCUT2D eigenvalue weighted by Crippen LogP contribution is -2.35. The van der Waals surface area contributed by atoms with Gasteiger partial charge >= 0.3 is 0 Å². The Hall–Kier alpha value is -0.870. The van der Waals surface area contributed by atoms with Crippen molar-refractivity contribution < 1.29 is 4.74 Å². The average molecular weight is 265 g/mol. The molecular weight excluding hydrogens is 238 g/mol. The summed E-state index contributed by atoms with van der Waals surface area (Å²) in [5, 5.41) is 7.79. The molecule has 1 fully saturated rings. The van der Waals surface area contributed by atoms with E-state index in [4.69, 9.17) is 4.74 Å². The molecule has 0 aliphatic heterocycles. The molecule has 0 aromatic carbocycles. The Morgan fingerprint density at radius 1 is 1.53 bits per heavy atom. The van der Waals surface area contributed by atoms with Crippen molar-refractivity contribution in [2.24, 2.45) is 18.4 Å². The number of nitrogens with one attached hydrogen (secondary N) is 1. The zero-order valence-electron chi connectivity index (χ0n) is 12.5. The van der Waals surface area contributed by atoms with Crippen LogP contribution in [-0.2, 0) is 18.2 Å². The van der Waals surface area contributed by atoms with Crippen LogP contribution in [0.3, 0.4) is 0 Å². The van der Waals surface area contributed by atoms with Crippen molar-refractivity contribution in [3.8, 4) is 0 Å². The molecule has 1 aromatic heterocycles. The second-order valence-corrected chi connectivity index (χ2v) is 6.12. The van der Waals surface area contributed by atoms with Crippen LogP contribution >= 0.6 is 0 Å². The van der Waals surface area contributed by atoms with Gasteiger partial charge in [-0.2, -0.15) is 5.10 Å². The van der Waals surface area contributed by atoms with E-state index in [0.29, 0.717) is 5.41 Å². The SMILES string of the molecule is COCCNCC(C)(CCc1cnn(C)c1)C1CC1. The van der Waals surface area contributed by atoms with Gasteiger partial charge in [0, 0.05) is 33.4 Å². The lowest BCUT2D eigenvalue weighted by Gasteiger charge is -2.30. The molecule has 1 aliphatic rings. The first-order valence-corrected chi connectivity index (χ1v) is 7.31. The van der Waals surface area contributed by atoms with Crippen molar-refractivity contribution in [2.45, 2.75) is 32.6 Å². The van der Waals surface area contributed by atoms with Crippen LogP contribution in [0.4, 0.5) is 0 Å². The number of aryl methyl sites for hydroxylation is 2. The van der Waals surface area contributed by atoms with Gasteiger partial charge in [0.15, 0.2) is 0 Å². The number of hydrogen-bond donors (Lipinski definition) is 1. The fourth-order valence-electron chi connectivity index (χ4n) is 2.80. The highest BCUT2D eigenvalue weighted by Crippen LogP contribution is 2.47. The molecule has 4 heteroatoms. The average Bonchev–Trinajstić information content (AvgIpc) is 3.17. The smallest absolute Gasteiger partial charge is 0.0587 e. The summed E-state index contributed by atoms with van der Waals surface area (Å²) in [5.74, 6) is 0.902. The molecular formula is C15H27N3O. The first kappa shape index (κ1) is 14.5. The van der Waals surface area contributed by atoms with E-state index in [1.807, 2.05) is 17.9 Å². The fourth-order valence-corrected chi connectivity index (χ4v) is 2.80. The third kappa shape index (κ3) is 4.32. The number of nitrogens with zero attached hydrogens (tertiary/aromatic N) is 2. The highest BCUT2D eigenvalue weighted by molar-refractivity contribution is 5.05. The largest absolute Gasteiger partial charge is 0.383 e. The molecule has 19 heavy (non-hydrogen) atoms. The molecule has 1 aliphatic carbocycles. The third-order valence-corrected chi connectivity index (χ3v) is 4.32. The minimum absolute atomic E-state index is 0.420. The van der Waals surface area contributed by atoms with E-state index >= 15 is 0 Å². The van der Waals surface area contributed by atoms with Crippen LogP contribution in [-0.4, -0.2) is 36.6 Å². The van der Waals surface area contributed by atoms with Gasteiger partial charge in [-0.1, -0.05) is 6.92 Å². The third-order valence-electron chi connectivity index (χ3n) is 4.32. The van der Waals surface area contributed by atoms with Gasteiger partial charge in [-0.05, 0) is 42.6 Å². The number of aromatic nitrogens is 2. The Morgan fingerprint density at radius 2 is 2.32 bits per heavy atom. The van der Waals surface area contributed by atoms with Crippen molar-refractivity contribution in [3.63, 3.8) is 0 Å². The van der Waals surface area contributed by atoms with Gasteiger partial charge in [-0.25, -0.2) is 0 Å². The molecule has 4 nitrogen and oxygen atoms in total. The highest BCUT2D eigenvalue weighted by Gasteiger charge is 2.40. The quantitative estimate of drug-likeness (QED) is 0.694. The molecule has 0 bridgehead atoms. The van der Waals surface area contributed by atoms with E-state index in [-0.39, 0.29) is 0 Å². The summed E-state index contributed by atoms with van der Waals surface area (Å²) in [6.07, 6.45) is 9.29. The number of ether oxygens (including phenoxy) is 1. The van der Waals surface area contributed by atoms with Gasteiger partial charge in [0.2, 0.25) is 0 Å². The van der Waals surface area contributed by atoms with Gasteiger partial charge < -0.3 is 10.1 Å². The maximum absolute atomic E-state index is 5.09. The summed E-state index contributed by atoms with van der Waals surface area (Å²) < 4.78 is 6.98. The topological polar surface area (TPSA) is 39.1 Å².